The van der Waals surface area contributed by atoms with Crippen molar-refractivity contribution >= 4 is 52.1 Å². The van der Waals surface area contributed by atoms with Crippen molar-refractivity contribution in [3.05, 3.63) is 70.7 Å². The molecule has 11 heteroatoms. The molecule has 0 bridgehead atoms. The lowest BCUT2D eigenvalue weighted by molar-refractivity contribution is -0.115. The predicted octanol–water partition coefficient (Wildman–Crippen LogP) is 3.59. The van der Waals surface area contributed by atoms with Crippen LogP contribution >= 0.6 is 22.9 Å². The lowest BCUT2D eigenvalue weighted by Gasteiger charge is -2.10. The molecule has 0 aliphatic carbocycles. The summed E-state index contributed by atoms with van der Waals surface area (Å²) >= 11 is 6.81. The number of halogens is 1. The van der Waals surface area contributed by atoms with Gasteiger partial charge in [0.15, 0.2) is 5.65 Å². The molecule has 0 aliphatic rings. The molecule has 168 valence electrons. The highest BCUT2D eigenvalue weighted by Gasteiger charge is 2.18. The number of amides is 2. The Balaban J connectivity index is 1.52. The highest BCUT2D eigenvalue weighted by atomic mass is 35.5. The predicted molar refractivity (Wildman–Crippen MR) is 125 cm³/mol. The van der Waals surface area contributed by atoms with E-state index in [2.05, 4.69) is 20.7 Å². The van der Waals surface area contributed by atoms with Gasteiger partial charge in [-0.3, -0.25) is 9.59 Å². The maximum atomic E-state index is 12.8. The van der Waals surface area contributed by atoms with E-state index in [9.17, 15) is 14.4 Å². The molecule has 4 aromatic rings. The molecule has 0 radical (unpaired) electrons. The summed E-state index contributed by atoms with van der Waals surface area (Å²) in [4.78, 5) is 41.4. The van der Waals surface area contributed by atoms with Crippen molar-refractivity contribution < 1.29 is 19.1 Å². The summed E-state index contributed by atoms with van der Waals surface area (Å²) in [6.45, 7) is -0.191. The number of hydrogen-bond acceptors (Lipinski definition) is 7. The van der Waals surface area contributed by atoms with Crippen LogP contribution in [0.15, 0.2) is 60.2 Å². The van der Waals surface area contributed by atoms with E-state index in [1.807, 2.05) is 17.5 Å². The third-order valence-corrected chi connectivity index (χ3v) is 5.56. The number of nitrogens with zero attached hydrogens (tertiary/aromatic N) is 3. The van der Waals surface area contributed by atoms with Crippen LogP contribution in [0.3, 0.4) is 0 Å². The van der Waals surface area contributed by atoms with Gasteiger partial charge in [-0.15, -0.1) is 22.9 Å². The van der Waals surface area contributed by atoms with Crippen molar-refractivity contribution in [1.82, 2.24) is 19.9 Å². The average Bonchev–Trinajstić information content (AvgIpc) is 3.51. The van der Waals surface area contributed by atoms with Crippen molar-refractivity contribution in [1.29, 1.82) is 0 Å². The average molecular weight is 484 g/mol. The fraction of sp³-hybridized carbons (Fsp3) is 0.136. The number of rotatable bonds is 8. The van der Waals surface area contributed by atoms with Crippen molar-refractivity contribution in [3.8, 4) is 11.3 Å². The van der Waals surface area contributed by atoms with Crippen LogP contribution in [0.4, 0.5) is 10.5 Å². The van der Waals surface area contributed by atoms with Crippen LogP contribution in [-0.4, -0.2) is 51.4 Å². The SMILES string of the molecule is O=C(CNC(=O)OCCCl)Nc1cccc(-c2ccnc3c(C(=O)c4cccs4)cnn23)c1. The molecule has 3 heterocycles. The van der Waals surface area contributed by atoms with Gasteiger partial charge in [-0.1, -0.05) is 18.2 Å². The molecule has 0 unspecified atom stereocenters. The van der Waals surface area contributed by atoms with E-state index in [1.54, 1.807) is 41.0 Å². The first-order valence-electron chi connectivity index (χ1n) is 9.84. The second-order valence-electron chi connectivity index (χ2n) is 6.74. The molecule has 33 heavy (non-hydrogen) atoms. The fourth-order valence-corrected chi connectivity index (χ4v) is 3.86. The molecular formula is C22H18ClN5O4S. The van der Waals surface area contributed by atoms with Gasteiger partial charge in [0.05, 0.1) is 28.2 Å². The zero-order valence-electron chi connectivity index (χ0n) is 17.2. The molecule has 9 nitrogen and oxygen atoms in total. The molecule has 2 N–H and O–H groups in total. The van der Waals surface area contributed by atoms with Crippen LogP contribution in [0.2, 0.25) is 0 Å². The zero-order valence-corrected chi connectivity index (χ0v) is 18.7. The number of nitrogens with one attached hydrogen (secondary N) is 2. The highest BCUT2D eigenvalue weighted by molar-refractivity contribution is 7.12. The molecule has 0 fully saturated rings. The summed E-state index contributed by atoms with van der Waals surface area (Å²) < 4.78 is 6.34. The quantitative estimate of drug-likeness (QED) is 0.292. The Morgan fingerprint density at radius 3 is 2.82 bits per heavy atom. The Morgan fingerprint density at radius 2 is 2.03 bits per heavy atom. The van der Waals surface area contributed by atoms with Crippen molar-refractivity contribution in [2.75, 3.05) is 24.3 Å². The second-order valence-corrected chi connectivity index (χ2v) is 8.06. The smallest absolute Gasteiger partial charge is 0.407 e. The lowest BCUT2D eigenvalue weighted by Crippen LogP contribution is -2.33. The van der Waals surface area contributed by atoms with Crippen molar-refractivity contribution in [2.24, 2.45) is 0 Å². The van der Waals surface area contributed by atoms with Gasteiger partial charge >= 0.3 is 6.09 Å². The normalized spacial score (nSPS) is 10.7. The third-order valence-electron chi connectivity index (χ3n) is 4.54. The summed E-state index contributed by atoms with van der Waals surface area (Å²) in [5, 5.41) is 11.3. The van der Waals surface area contributed by atoms with Gasteiger partial charge in [0, 0.05) is 17.4 Å². The van der Waals surface area contributed by atoms with E-state index < -0.39 is 12.0 Å². The minimum Gasteiger partial charge on any atom is -0.448 e. The zero-order chi connectivity index (χ0) is 23.2. The molecule has 0 atom stereocenters. The Bertz CT molecular complexity index is 1310. The van der Waals surface area contributed by atoms with Gasteiger partial charge in [-0.2, -0.15) is 5.10 Å². The van der Waals surface area contributed by atoms with E-state index >= 15 is 0 Å². The third kappa shape index (κ3) is 5.18. The van der Waals surface area contributed by atoms with Crippen molar-refractivity contribution in [2.45, 2.75) is 0 Å². The van der Waals surface area contributed by atoms with Crippen LogP contribution in [-0.2, 0) is 9.53 Å². The maximum absolute atomic E-state index is 12.8. The van der Waals surface area contributed by atoms with Gasteiger partial charge in [0.1, 0.15) is 13.2 Å². The number of aromatic nitrogens is 3. The number of hydrogen-bond donors (Lipinski definition) is 2. The van der Waals surface area contributed by atoms with Crippen molar-refractivity contribution in [3.63, 3.8) is 0 Å². The first-order chi connectivity index (χ1) is 16.1. The van der Waals surface area contributed by atoms with Crippen LogP contribution in [0.25, 0.3) is 16.9 Å². The molecule has 0 saturated carbocycles. The number of thiophene rings is 1. The Morgan fingerprint density at radius 1 is 1.15 bits per heavy atom. The highest BCUT2D eigenvalue weighted by Crippen LogP contribution is 2.25. The summed E-state index contributed by atoms with van der Waals surface area (Å²) in [5.41, 5.74) is 2.84. The molecular weight excluding hydrogens is 466 g/mol. The molecule has 1 aromatic carbocycles. The Hall–Kier alpha value is -3.76. The molecule has 0 spiro atoms. The van der Waals surface area contributed by atoms with E-state index in [0.717, 1.165) is 5.56 Å². The maximum Gasteiger partial charge on any atom is 0.407 e. The Kier molecular flexibility index (Phi) is 6.96. The molecule has 2 amide bonds. The van der Waals surface area contributed by atoms with Crippen LogP contribution in [0.1, 0.15) is 15.2 Å². The summed E-state index contributed by atoms with van der Waals surface area (Å²) in [5.74, 6) is -0.380. The Labute approximate surface area is 197 Å². The van der Waals surface area contributed by atoms with E-state index in [1.165, 1.54) is 17.5 Å². The fourth-order valence-electron chi connectivity index (χ4n) is 3.11. The van der Waals surface area contributed by atoms with Gasteiger partial charge in [0.2, 0.25) is 11.7 Å². The number of alkyl carbamates (subject to hydrolysis) is 1. The largest absolute Gasteiger partial charge is 0.448 e. The van der Waals surface area contributed by atoms with E-state index in [0.29, 0.717) is 27.5 Å². The monoisotopic (exact) mass is 483 g/mol. The topological polar surface area (TPSA) is 115 Å². The van der Waals surface area contributed by atoms with Gasteiger partial charge < -0.3 is 15.4 Å². The van der Waals surface area contributed by atoms with E-state index in [-0.39, 0.29) is 24.8 Å². The minimum atomic E-state index is -0.717. The molecule has 4 rings (SSSR count). The van der Waals surface area contributed by atoms with Gasteiger partial charge in [-0.05, 0) is 29.6 Å². The first-order valence-corrected chi connectivity index (χ1v) is 11.3. The molecule has 0 saturated heterocycles. The van der Waals surface area contributed by atoms with Gasteiger partial charge in [0.25, 0.3) is 0 Å². The first kappa shape index (κ1) is 22.4. The van der Waals surface area contributed by atoms with Gasteiger partial charge in [-0.25, -0.2) is 14.3 Å². The number of ketones is 1. The van der Waals surface area contributed by atoms with Crippen LogP contribution in [0.5, 0.6) is 0 Å². The number of ether oxygens (including phenoxy) is 1. The number of anilines is 1. The summed E-state index contributed by atoms with van der Waals surface area (Å²) in [6, 6.07) is 12.5. The van der Waals surface area contributed by atoms with Crippen LogP contribution in [0, 0.1) is 0 Å². The summed E-state index contributed by atoms with van der Waals surface area (Å²) in [6.07, 6.45) is 2.40. The van der Waals surface area contributed by atoms with E-state index in [4.69, 9.17) is 16.3 Å². The number of alkyl halides is 1. The van der Waals surface area contributed by atoms with Crippen LogP contribution < -0.4 is 10.6 Å². The number of benzene rings is 1. The minimum absolute atomic E-state index is 0.0610. The number of carbonyl (C=O) groups excluding carboxylic acids is 3. The standard InChI is InChI=1S/C22H18ClN5O4S/c23-7-9-32-22(31)25-13-19(29)27-15-4-1-3-14(11-15)17-6-8-24-21-16(12-26-28(17)21)20(30)18-5-2-10-33-18/h1-6,8,10-12H,7,9,13H2,(H,25,31)(H,27,29). The number of fused-ring (bicyclic) bond motifs is 1. The molecule has 0 aliphatic heterocycles. The summed E-state index contributed by atoms with van der Waals surface area (Å²) in [7, 11) is 0. The second kappa shape index (κ2) is 10.2. The molecule has 3 aromatic heterocycles. The number of carbonyl (C=O) groups is 3. The lowest BCUT2D eigenvalue weighted by atomic mass is 10.1.